The van der Waals surface area contributed by atoms with Gasteiger partial charge in [-0.25, -0.2) is 0 Å². The molecule has 0 amide bonds. The number of aromatic hydroxyl groups is 1. The second-order valence-electron chi connectivity index (χ2n) is 3.25. The molecule has 14 heavy (non-hydrogen) atoms. The number of phenols is 1. The quantitative estimate of drug-likeness (QED) is 0.701. The fraction of sp³-hybridized carbons (Fsp3) is 0.333. The minimum Gasteiger partial charge on any atom is -0.508 e. The van der Waals surface area contributed by atoms with Gasteiger partial charge in [0.1, 0.15) is 5.75 Å². The van der Waals surface area contributed by atoms with Crippen molar-refractivity contribution in [3.63, 3.8) is 0 Å². The van der Waals surface area contributed by atoms with E-state index in [1.165, 1.54) is 5.56 Å². The zero-order valence-electron chi connectivity index (χ0n) is 8.53. The second-order valence-corrected chi connectivity index (χ2v) is 3.25. The molecule has 0 radical (unpaired) electrons. The molecule has 1 aromatic rings. The van der Waals surface area contributed by atoms with Crippen LogP contribution in [0.25, 0.3) is 0 Å². The predicted molar refractivity (Wildman–Crippen MR) is 59.3 cm³/mol. The van der Waals surface area contributed by atoms with Gasteiger partial charge < -0.3 is 10.4 Å². The molecular formula is C12H17NO. The van der Waals surface area contributed by atoms with Gasteiger partial charge in [-0.15, -0.1) is 6.58 Å². The lowest BCUT2D eigenvalue weighted by atomic mass is 10.0. The first kappa shape index (κ1) is 10.8. The summed E-state index contributed by atoms with van der Waals surface area (Å²) in [5.74, 6) is 0.312. The van der Waals surface area contributed by atoms with Crippen LogP contribution in [0.3, 0.4) is 0 Å². The van der Waals surface area contributed by atoms with E-state index in [2.05, 4.69) is 18.8 Å². The molecule has 0 bridgehead atoms. The molecule has 0 heterocycles. The molecule has 1 aromatic carbocycles. The first-order chi connectivity index (χ1) is 6.77. The van der Waals surface area contributed by atoms with Crippen molar-refractivity contribution in [2.75, 3.05) is 6.54 Å². The van der Waals surface area contributed by atoms with Gasteiger partial charge >= 0.3 is 0 Å². The Bertz CT molecular complexity index is 279. The Balaban J connectivity index is 2.68. The van der Waals surface area contributed by atoms with E-state index in [0.717, 1.165) is 13.0 Å². The third-order valence-corrected chi connectivity index (χ3v) is 2.21. The lowest BCUT2D eigenvalue weighted by Crippen LogP contribution is -2.20. The summed E-state index contributed by atoms with van der Waals surface area (Å²) in [7, 11) is 0. The van der Waals surface area contributed by atoms with Crippen molar-refractivity contribution in [2.45, 2.75) is 19.4 Å². The van der Waals surface area contributed by atoms with Gasteiger partial charge in [0.2, 0.25) is 0 Å². The molecule has 2 N–H and O–H groups in total. The molecule has 2 heteroatoms. The van der Waals surface area contributed by atoms with Crippen LogP contribution >= 0.6 is 0 Å². The van der Waals surface area contributed by atoms with Crippen LogP contribution in [-0.4, -0.2) is 11.7 Å². The topological polar surface area (TPSA) is 32.3 Å². The Morgan fingerprint density at radius 2 is 2.07 bits per heavy atom. The maximum Gasteiger partial charge on any atom is 0.115 e. The van der Waals surface area contributed by atoms with E-state index in [1.54, 1.807) is 12.1 Å². The summed E-state index contributed by atoms with van der Waals surface area (Å²) < 4.78 is 0. The third-order valence-electron chi connectivity index (χ3n) is 2.21. The number of nitrogens with one attached hydrogen (secondary N) is 1. The van der Waals surface area contributed by atoms with E-state index in [4.69, 9.17) is 5.11 Å². The van der Waals surface area contributed by atoms with Crippen molar-refractivity contribution in [3.05, 3.63) is 42.5 Å². The highest BCUT2D eigenvalue weighted by Gasteiger charge is 2.06. The summed E-state index contributed by atoms with van der Waals surface area (Å²) in [4.78, 5) is 0. The molecule has 2 nitrogen and oxygen atoms in total. The summed E-state index contributed by atoms with van der Waals surface area (Å²) in [6.45, 7) is 6.61. The van der Waals surface area contributed by atoms with Gasteiger partial charge in [0.05, 0.1) is 0 Å². The van der Waals surface area contributed by atoms with Gasteiger partial charge in [0, 0.05) is 12.6 Å². The summed E-state index contributed by atoms with van der Waals surface area (Å²) in [6.07, 6.45) is 2.88. The van der Waals surface area contributed by atoms with Gasteiger partial charge in [0.15, 0.2) is 0 Å². The number of hydrogen-bond acceptors (Lipinski definition) is 2. The maximum atomic E-state index is 9.15. The summed E-state index contributed by atoms with van der Waals surface area (Å²) in [5, 5.41) is 12.5. The van der Waals surface area contributed by atoms with E-state index in [-0.39, 0.29) is 0 Å². The van der Waals surface area contributed by atoms with E-state index >= 15 is 0 Å². The molecule has 0 aliphatic heterocycles. The lowest BCUT2D eigenvalue weighted by Gasteiger charge is -2.16. The molecule has 0 fully saturated rings. The van der Waals surface area contributed by atoms with Crippen molar-refractivity contribution >= 4 is 0 Å². The smallest absolute Gasteiger partial charge is 0.115 e. The third kappa shape index (κ3) is 2.89. The Kier molecular flexibility index (Phi) is 4.20. The van der Waals surface area contributed by atoms with Gasteiger partial charge in [0.25, 0.3) is 0 Å². The zero-order valence-corrected chi connectivity index (χ0v) is 8.53. The molecule has 0 saturated carbocycles. The van der Waals surface area contributed by atoms with Gasteiger partial charge in [-0.1, -0.05) is 25.1 Å². The molecule has 0 aliphatic rings. The lowest BCUT2D eigenvalue weighted by molar-refractivity contribution is 0.474. The largest absolute Gasteiger partial charge is 0.508 e. The molecular weight excluding hydrogens is 174 g/mol. The minimum atomic E-state index is 0.312. The van der Waals surface area contributed by atoms with Gasteiger partial charge in [-0.05, 0) is 24.1 Å². The Hall–Kier alpha value is -1.28. The molecule has 1 rings (SSSR count). The van der Waals surface area contributed by atoms with Crippen LogP contribution in [0.1, 0.15) is 24.9 Å². The van der Waals surface area contributed by atoms with Crippen LogP contribution in [0, 0.1) is 0 Å². The van der Waals surface area contributed by atoms with E-state index in [0.29, 0.717) is 11.8 Å². The number of phenolic OH excluding ortho intramolecular Hbond substituents is 1. The average molecular weight is 191 g/mol. The standard InChI is InChI=1S/C12H17NO/c1-3-9-13-12(4-2)10-5-7-11(14)8-6-10/h3,5-8,12-14H,1,4,9H2,2H3. The van der Waals surface area contributed by atoms with Crippen molar-refractivity contribution in [3.8, 4) is 5.75 Å². The first-order valence-corrected chi connectivity index (χ1v) is 4.91. The fourth-order valence-electron chi connectivity index (χ4n) is 1.43. The zero-order chi connectivity index (χ0) is 10.4. The fourth-order valence-corrected chi connectivity index (χ4v) is 1.43. The molecule has 76 valence electrons. The van der Waals surface area contributed by atoms with Crippen LogP contribution in [0.4, 0.5) is 0 Å². The highest BCUT2D eigenvalue weighted by Crippen LogP contribution is 2.18. The number of rotatable bonds is 5. The SMILES string of the molecule is C=CCNC(CC)c1ccc(O)cc1. The highest BCUT2D eigenvalue weighted by molar-refractivity contribution is 5.27. The van der Waals surface area contributed by atoms with E-state index in [9.17, 15) is 0 Å². The Morgan fingerprint density at radius 1 is 1.43 bits per heavy atom. The van der Waals surface area contributed by atoms with Crippen molar-refractivity contribution in [2.24, 2.45) is 0 Å². The average Bonchev–Trinajstić information content (AvgIpc) is 2.21. The van der Waals surface area contributed by atoms with Gasteiger partial charge in [-0.3, -0.25) is 0 Å². The number of hydrogen-bond donors (Lipinski definition) is 2. The van der Waals surface area contributed by atoms with Crippen molar-refractivity contribution in [1.29, 1.82) is 0 Å². The first-order valence-electron chi connectivity index (χ1n) is 4.91. The van der Waals surface area contributed by atoms with Crippen molar-refractivity contribution < 1.29 is 5.11 Å². The minimum absolute atomic E-state index is 0.312. The van der Waals surface area contributed by atoms with E-state index < -0.39 is 0 Å². The Morgan fingerprint density at radius 3 is 2.57 bits per heavy atom. The molecule has 1 unspecified atom stereocenters. The van der Waals surface area contributed by atoms with Crippen LogP contribution in [0.2, 0.25) is 0 Å². The maximum absolute atomic E-state index is 9.15. The monoisotopic (exact) mass is 191 g/mol. The van der Waals surface area contributed by atoms with Gasteiger partial charge in [-0.2, -0.15) is 0 Å². The van der Waals surface area contributed by atoms with Crippen LogP contribution in [-0.2, 0) is 0 Å². The molecule has 0 saturated heterocycles. The van der Waals surface area contributed by atoms with E-state index in [1.807, 2.05) is 18.2 Å². The molecule has 0 aliphatic carbocycles. The van der Waals surface area contributed by atoms with Crippen molar-refractivity contribution in [1.82, 2.24) is 5.32 Å². The normalized spacial score (nSPS) is 12.4. The molecule has 1 atom stereocenters. The second kappa shape index (κ2) is 5.45. The van der Waals surface area contributed by atoms with Crippen LogP contribution in [0.15, 0.2) is 36.9 Å². The highest BCUT2D eigenvalue weighted by atomic mass is 16.3. The predicted octanol–water partition coefficient (Wildman–Crippen LogP) is 2.62. The number of benzene rings is 1. The summed E-state index contributed by atoms with van der Waals surface area (Å²) in [6, 6.07) is 7.66. The Labute approximate surface area is 85.3 Å². The van der Waals surface area contributed by atoms with Crippen LogP contribution < -0.4 is 5.32 Å². The summed E-state index contributed by atoms with van der Waals surface area (Å²) in [5.41, 5.74) is 1.20. The van der Waals surface area contributed by atoms with Crippen LogP contribution in [0.5, 0.6) is 5.75 Å². The molecule has 0 aromatic heterocycles. The summed E-state index contributed by atoms with van der Waals surface area (Å²) >= 11 is 0. The molecule has 0 spiro atoms.